The van der Waals surface area contributed by atoms with Gasteiger partial charge in [-0.15, -0.1) is 0 Å². The smallest absolute Gasteiger partial charge is 0.296 e. The van der Waals surface area contributed by atoms with Crippen molar-refractivity contribution in [2.24, 2.45) is 0 Å². The fraction of sp³-hybridized carbons (Fsp3) is 0.167. The first-order valence-electron chi connectivity index (χ1n) is 12.1. The molecule has 1 N–H and O–H groups in total. The van der Waals surface area contributed by atoms with E-state index in [2.05, 4.69) is 4.98 Å². The van der Waals surface area contributed by atoms with Crippen LogP contribution in [0.15, 0.2) is 90.2 Å². The third-order valence-corrected chi connectivity index (χ3v) is 7.13. The Kier molecular flexibility index (Phi) is 6.88. The minimum Gasteiger partial charge on any atom is -0.503 e. The fourth-order valence-electron chi connectivity index (χ4n) is 4.28. The maximum absolute atomic E-state index is 13.4. The maximum atomic E-state index is 13.4. The van der Waals surface area contributed by atoms with Crippen molar-refractivity contribution in [1.29, 1.82) is 0 Å². The molecule has 3 aromatic carbocycles. The first-order valence-corrected chi connectivity index (χ1v) is 12.9. The standard InChI is InChI=1S/C30H26N2O4S/c1-3-17-36-22-13-11-21(12-14-22)27-26(24(33)16-10-20-7-5-4-6-8-20)28(34)29(35)32(27)30-31-23-15-9-19(2)18-25(23)37-30/h4-16,18,27,34H,3,17H2,1-2H3. The monoisotopic (exact) mass is 510 g/mol. The zero-order chi connectivity index (χ0) is 25.9. The molecule has 0 radical (unpaired) electrons. The second-order valence-electron chi connectivity index (χ2n) is 8.83. The SMILES string of the molecule is CCCOc1ccc(C2C(C(=O)C=Cc3ccccc3)=C(O)C(=O)N2c2nc3ccc(C)cc3s2)cc1. The summed E-state index contributed by atoms with van der Waals surface area (Å²) in [6.45, 7) is 4.62. The molecule has 0 bridgehead atoms. The predicted octanol–water partition coefficient (Wildman–Crippen LogP) is 6.58. The lowest BCUT2D eigenvalue weighted by atomic mass is 9.95. The van der Waals surface area contributed by atoms with Crippen LogP contribution in [0.4, 0.5) is 5.13 Å². The van der Waals surface area contributed by atoms with E-state index in [1.165, 1.54) is 22.3 Å². The van der Waals surface area contributed by atoms with Crippen LogP contribution in [-0.4, -0.2) is 28.4 Å². The molecule has 186 valence electrons. The summed E-state index contributed by atoms with van der Waals surface area (Å²) in [7, 11) is 0. The van der Waals surface area contributed by atoms with E-state index < -0.39 is 23.5 Å². The first kappa shape index (κ1) is 24.5. The highest BCUT2D eigenvalue weighted by Gasteiger charge is 2.45. The Labute approximate surface area is 219 Å². The minimum absolute atomic E-state index is 0.0230. The Morgan fingerprint density at radius 2 is 1.86 bits per heavy atom. The Morgan fingerprint density at radius 1 is 1.11 bits per heavy atom. The number of hydrogen-bond donors (Lipinski definition) is 1. The summed E-state index contributed by atoms with van der Waals surface area (Å²) in [6, 6.07) is 21.7. The summed E-state index contributed by atoms with van der Waals surface area (Å²) in [5.41, 5.74) is 3.37. The van der Waals surface area contributed by atoms with Gasteiger partial charge in [0.1, 0.15) is 5.75 Å². The Hall–Kier alpha value is -4.23. The van der Waals surface area contributed by atoms with Crippen molar-refractivity contribution in [3.05, 3.63) is 107 Å². The van der Waals surface area contributed by atoms with Crippen molar-refractivity contribution in [2.45, 2.75) is 26.3 Å². The van der Waals surface area contributed by atoms with Gasteiger partial charge in [0.15, 0.2) is 16.7 Å². The first-order chi connectivity index (χ1) is 18.0. The van der Waals surface area contributed by atoms with Gasteiger partial charge in [-0.25, -0.2) is 4.98 Å². The average Bonchev–Trinajstić information content (AvgIpc) is 3.44. The van der Waals surface area contributed by atoms with E-state index in [4.69, 9.17) is 4.74 Å². The number of benzene rings is 3. The molecular weight excluding hydrogens is 484 g/mol. The number of aromatic nitrogens is 1. The van der Waals surface area contributed by atoms with E-state index >= 15 is 0 Å². The van der Waals surface area contributed by atoms with E-state index in [-0.39, 0.29) is 5.57 Å². The number of ether oxygens (including phenoxy) is 1. The highest BCUT2D eigenvalue weighted by atomic mass is 32.1. The van der Waals surface area contributed by atoms with E-state index in [9.17, 15) is 14.7 Å². The predicted molar refractivity (Wildman–Crippen MR) is 147 cm³/mol. The summed E-state index contributed by atoms with van der Waals surface area (Å²) < 4.78 is 6.63. The number of amides is 1. The topological polar surface area (TPSA) is 79.7 Å². The third kappa shape index (κ3) is 4.90. The summed E-state index contributed by atoms with van der Waals surface area (Å²) >= 11 is 1.35. The molecule has 0 saturated carbocycles. The number of hydrogen-bond acceptors (Lipinski definition) is 6. The van der Waals surface area contributed by atoms with Gasteiger partial charge in [-0.1, -0.05) is 72.9 Å². The number of aliphatic hydroxyl groups excluding tert-OH is 1. The molecule has 1 unspecified atom stereocenters. The number of carbonyl (C=O) groups is 2. The molecule has 37 heavy (non-hydrogen) atoms. The lowest BCUT2D eigenvalue weighted by Crippen LogP contribution is -2.30. The van der Waals surface area contributed by atoms with Gasteiger partial charge in [0.25, 0.3) is 5.91 Å². The number of rotatable bonds is 8. The van der Waals surface area contributed by atoms with Crippen molar-refractivity contribution < 1.29 is 19.4 Å². The van der Waals surface area contributed by atoms with Crippen LogP contribution < -0.4 is 9.64 Å². The second-order valence-corrected chi connectivity index (χ2v) is 9.84. The van der Waals surface area contributed by atoms with Crippen LogP contribution in [0.1, 0.15) is 36.1 Å². The summed E-state index contributed by atoms with van der Waals surface area (Å²) in [5.74, 6) is -0.953. The Bertz CT molecular complexity index is 1520. The average molecular weight is 511 g/mol. The van der Waals surface area contributed by atoms with Gasteiger partial charge < -0.3 is 9.84 Å². The van der Waals surface area contributed by atoms with Crippen LogP contribution in [0, 0.1) is 6.92 Å². The molecule has 4 aromatic rings. The van der Waals surface area contributed by atoms with Crippen molar-refractivity contribution in [1.82, 2.24) is 4.98 Å². The molecule has 1 aliphatic rings. The molecule has 0 saturated heterocycles. The van der Waals surface area contributed by atoms with Gasteiger partial charge in [0, 0.05) is 0 Å². The zero-order valence-corrected chi connectivity index (χ0v) is 21.4. The van der Waals surface area contributed by atoms with Gasteiger partial charge in [-0.05, 0) is 60.4 Å². The van der Waals surface area contributed by atoms with E-state index in [1.807, 2.05) is 86.6 Å². The van der Waals surface area contributed by atoms with Crippen LogP contribution in [-0.2, 0) is 9.59 Å². The van der Waals surface area contributed by atoms with Gasteiger partial charge in [-0.3, -0.25) is 14.5 Å². The molecule has 5 rings (SSSR count). The number of ketones is 1. The molecule has 1 atom stereocenters. The van der Waals surface area contributed by atoms with Crippen molar-refractivity contribution in [3.8, 4) is 5.75 Å². The second kappa shape index (κ2) is 10.4. The molecular formula is C30H26N2O4S. The number of allylic oxidation sites excluding steroid dienone is 1. The number of carbonyl (C=O) groups excluding carboxylic acids is 2. The highest BCUT2D eigenvalue weighted by Crippen LogP contribution is 2.44. The third-order valence-electron chi connectivity index (χ3n) is 6.11. The van der Waals surface area contributed by atoms with Crippen molar-refractivity contribution >= 4 is 44.5 Å². The van der Waals surface area contributed by atoms with Crippen molar-refractivity contribution in [3.63, 3.8) is 0 Å². The van der Waals surface area contributed by atoms with Crippen LogP contribution in [0.3, 0.4) is 0 Å². The molecule has 1 aromatic heterocycles. The summed E-state index contributed by atoms with van der Waals surface area (Å²) in [5, 5.41) is 11.4. The lowest BCUT2D eigenvalue weighted by Gasteiger charge is -2.24. The highest BCUT2D eigenvalue weighted by molar-refractivity contribution is 7.22. The van der Waals surface area contributed by atoms with Crippen LogP contribution >= 0.6 is 11.3 Å². The molecule has 6 nitrogen and oxygen atoms in total. The molecule has 0 spiro atoms. The van der Waals surface area contributed by atoms with E-state index in [0.717, 1.165) is 27.8 Å². The number of fused-ring (bicyclic) bond motifs is 1. The Morgan fingerprint density at radius 3 is 2.59 bits per heavy atom. The van der Waals surface area contributed by atoms with Gasteiger partial charge >= 0.3 is 0 Å². The largest absolute Gasteiger partial charge is 0.503 e. The number of nitrogens with zero attached hydrogens (tertiary/aromatic N) is 2. The molecule has 7 heteroatoms. The van der Waals surface area contributed by atoms with Gasteiger partial charge in [0.05, 0.1) is 28.4 Å². The van der Waals surface area contributed by atoms with Crippen LogP contribution in [0.2, 0.25) is 0 Å². The number of aryl methyl sites for hydroxylation is 1. The molecule has 1 amide bonds. The van der Waals surface area contributed by atoms with Gasteiger partial charge in [0.2, 0.25) is 0 Å². The van der Waals surface area contributed by atoms with Gasteiger partial charge in [-0.2, -0.15) is 0 Å². The quantitative estimate of drug-likeness (QED) is 0.271. The van der Waals surface area contributed by atoms with E-state index in [0.29, 0.717) is 23.1 Å². The fourth-order valence-corrected chi connectivity index (χ4v) is 5.37. The summed E-state index contributed by atoms with van der Waals surface area (Å²) in [6.07, 6.45) is 3.95. The Balaban J connectivity index is 1.57. The van der Waals surface area contributed by atoms with Crippen molar-refractivity contribution in [2.75, 3.05) is 11.5 Å². The number of thiazole rings is 1. The van der Waals surface area contributed by atoms with Crippen LogP contribution in [0.5, 0.6) is 5.75 Å². The minimum atomic E-state index is -0.831. The molecule has 1 aliphatic heterocycles. The number of aliphatic hydroxyl groups is 1. The number of anilines is 1. The molecule has 0 aliphatic carbocycles. The molecule has 2 heterocycles. The summed E-state index contributed by atoms with van der Waals surface area (Å²) in [4.78, 5) is 32.9. The zero-order valence-electron chi connectivity index (χ0n) is 20.5. The lowest BCUT2D eigenvalue weighted by molar-refractivity contribution is -0.117. The van der Waals surface area contributed by atoms with Crippen LogP contribution in [0.25, 0.3) is 16.3 Å². The molecule has 0 fully saturated rings. The maximum Gasteiger partial charge on any atom is 0.296 e. The van der Waals surface area contributed by atoms with E-state index in [1.54, 1.807) is 6.08 Å². The normalized spacial score (nSPS) is 15.8.